The fourth-order valence-corrected chi connectivity index (χ4v) is 3.92. The van der Waals surface area contributed by atoms with E-state index in [0.717, 1.165) is 11.1 Å². The molecule has 0 bridgehead atoms. The quantitative estimate of drug-likeness (QED) is 0.406. The number of hydrogen-bond donors (Lipinski definition) is 1. The van der Waals surface area contributed by atoms with Crippen LogP contribution in [0.15, 0.2) is 42.0 Å². The van der Waals surface area contributed by atoms with Crippen LogP contribution in [0.5, 0.6) is 11.5 Å². The molecule has 1 aliphatic rings. The van der Waals surface area contributed by atoms with Crippen LogP contribution in [0.1, 0.15) is 28.3 Å². The van der Waals surface area contributed by atoms with Gasteiger partial charge in [-0.2, -0.15) is 0 Å². The minimum Gasteiger partial charge on any atom is -0.507 e. The Kier molecular flexibility index (Phi) is 6.89. The second-order valence-electron chi connectivity index (χ2n) is 8.23. The van der Waals surface area contributed by atoms with E-state index in [-0.39, 0.29) is 11.3 Å². The van der Waals surface area contributed by atoms with E-state index in [4.69, 9.17) is 9.47 Å². The molecule has 1 saturated heterocycles. The number of carbonyl (C=O) groups is 2. The van der Waals surface area contributed by atoms with E-state index in [0.29, 0.717) is 35.7 Å². The smallest absolute Gasteiger partial charge is 0.295 e. The Morgan fingerprint density at radius 3 is 2.34 bits per heavy atom. The zero-order valence-corrected chi connectivity index (χ0v) is 19.4. The van der Waals surface area contributed by atoms with Crippen LogP contribution in [0.3, 0.4) is 0 Å². The zero-order valence-electron chi connectivity index (χ0n) is 19.4. The van der Waals surface area contributed by atoms with Crippen molar-refractivity contribution in [2.24, 2.45) is 0 Å². The summed E-state index contributed by atoms with van der Waals surface area (Å²) in [7, 11) is 6.87. The number of aliphatic hydroxyl groups is 1. The minimum absolute atomic E-state index is 0.0784. The predicted octanol–water partition coefficient (Wildman–Crippen LogP) is 3.30. The van der Waals surface area contributed by atoms with Gasteiger partial charge in [-0.1, -0.05) is 23.8 Å². The molecule has 170 valence electrons. The van der Waals surface area contributed by atoms with Gasteiger partial charge in [0.1, 0.15) is 5.76 Å². The molecule has 1 amide bonds. The molecule has 3 rings (SSSR count). The summed E-state index contributed by atoms with van der Waals surface area (Å²) in [5, 5.41) is 11.3. The van der Waals surface area contributed by atoms with Gasteiger partial charge in [-0.15, -0.1) is 0 Å². The van der Waals surface area contributed by atoms with Crippen LogP contribution in [0.2, 0.25) is 0 Å². The minimum atomic E-state index is -0.741. The van der Waals surface area contributed by atoms with E-state index in [2.05, 4.69) is 0 Å². The lowest BCUT2D eigenvalue weighted by Gasteiger charge is -2.27. The van der Waals surface area contributed by atoms with Gasteiger partial charge >= 0.3 is 0 Å². The van der Waals surface area contributed by atoms with Gasteiger partial charge in [0.25, 0.3) is 11.7 Å². The van der Waals surface area contributed by atoms with E-state index in [1.54, 1.807) is 25.3 Å². The third-order valence-corrected chi connectivity index (χ3v) is 5.70. The predicted molar refractivity (Wildman–Crippen MR) is 123 cm³/mol. The van der Waals surface area contributed by atoms with E-state index in [9.17, 15) is 14.7 Å². The van der Waals surface area contributed by atoms with Crippen molar-refractivity contribution < 1.29 is 24.2 Å². The van der Waals surface area contributed by atoms with Crippen molar-refractivity contribution in [3.8, 4) is 11.5 Å². The SMILES string of the molecule is COc1ccc([C@H]2/C(=C(\O)c3cc(C)ccc3C)C(=O)C(=O)N2CCN(C)C)cc1OC. The average Bonchev–Trinajstić information content (AvgIpc) is 3.03. The van der Waals surface area contributed by atoms with Gasteiger partial charge in [0.15, 0.2) is 11.5 Å². The molecule has 0 unspecified atom stereocenters. The molecule has 1 heterocycles. The summed E-state index contributed by atoms with van der Waals surface area (Å²) in [4.78, 5) is 29.6. The Morgan fingerprint density at radius 1 is 1.03 bits per heavy atom. The number of Topliss-reactive ketones (excluding diaryl/α,β-unsaturated/α-hetero) is 1. The number of likely N-dealkylation sites (tertiary alicyclic amines) is 1. The Balaban J connectivity index is 2.23. The Bertz CT molecular complexity index is 1070. The molecule has 0 aromatic heterocycles. The molecule has 0 radical (unpaired) electrons. The van der Waals surface area contributed by atoms with E-state index in [1.165, 1.54) is 12.0 Å². The maximum absolute atomic E-state index is 13.2. The molecular formula is C25H30N2O5. The van der Waals surface area contributed by atoms with Crippen molar-refractivity contribution in [3.63, 3.8) is 0 Å². The van der Waals surface area contributed by atoms with Gasteiger partial charge in [0.2, 0.25) is 0 Å². The van der Waals surface area contributed by atoms with Gasteiger partial charge < -0.3 is 24.4 Å². The lowest BCUT2D eigenvalue weighted by atomic mass is 9.93. The van der Waals surface area contributed by atoms with Gasteiger partial charge in [-0.05, 0) is 57.3 Å². The second-order valence-corrected chi connectivity index (χ2v) is 8.23. The summed E-state index contributed by atoms with van der Waals surface area (Å²) in [6.07, 6.45) is 0. The topological polar surface area (TPSA) is 79.3 Å². The molecule has 7 nitrogen and oxygen atoms in total. The summed E-state index contributed by atoms with van der Waals surface area (Å²) >= 11 is 0. The molecule has 1 atom stereocenters. The van der Waals surface area contributed by atoms with Gasteiger partial charge in [0.05, 0.1) is 25.8 Å². The second kappa shape index (κ2) is 9.44. The largest absolute Gasteiger partial charge is 0.507 e. The first-order valence-electron chi connectivity index (χ1n) is 10.4. The van der Waals surface area contributed by atoms with Crippen LogP contribution < -0.4 is 9.47 Å². The lowest BCUT2D eigenvalue weighted by molar-refractivity contribution is -0.140. The van der Waals surface area contributed by atoms with Crippen molar-refractivity contribution in [2.45, 2.75) is 19.9 Å². The first-order chi connectivity index (χ1) is 15.2. The van der Waals surface area contributed by atoms with Crippen LogP contribution in [0.25, 0.3) is 5.76 Å². The van der Waals surface area contributed by atoms with E-state index < -0.39 is 17.7 Å². The Hall–Kier alpha value is -3.32. The molecule has 1 N–H and O–H groups in total. The van der Waals surface area contributed by atoms with Crippen molar-refractivity contribution in [2.75, 3.05) is 41.4 Å². The highest BCUT2D eigenvalue weighted by Gasteiger charge is 2.46. The van der Waals surface area contributed by atoms with Crippen LogP contribution in [0.4, 0.5) is 0 Å². The van der Waals surface area contributed by atoms with Crippen molar-refractivity contribution in [3.05, 3.63) is 64.2 Å². The van der Waals surface area contributed by atoms with Crippen LogP contribution in [0, 0.1) is 13.8 Å². The van der Waals surface area contributed by atoms with Gasteiger partial charge in [-0.25, -0.2) is 0 Å². The number of methoxy groups -OCH3 is 2. The van der Waals surface area contributed by atoms with Crippen molar-refractivity contribution in [1.29, 1.82) is 0 Å². The van der Waals surface area contributed by atoms with Gasteiger partial charge in [0, 0.05) is 18.7 Å². The summed E-state index contributed by atoms with van der Waals surface area (Å²) in [5.41, 5.74) is 3.04. The third kappa shape index (κ3) is 4.34. The number of likely N-dealkylation sites (N-methyl/N-ethyl adjacent to an activating group) is 1. The first-order valence-corrected chi connectivity index (χ1v) is 10.4. The number of hydrogen-bond acceptors (Lipinski definition) is 6. The lowest BCUT2D eigenvalue weighted by Crippen LogP contribution is -2.35. The van der Waals surface area contributed by atoms with Crippen molar-refractivity contribution >= 4 is 17.4 Å². The number of ketones is 1. The normalized spacial score (nSPS) is 17.8. The molecule has 32 heavy (non-hydrogen) atoms. The molecule has 0 spiro atoms. The molecule has 1 fully saturated rings. The van der Waals surface area contributed by atoms with Crippen LogP contribution >= 0.6 is 0 Å². The Morgan fingerprint density at radius 2 is 1.72 bits per heavy atom. The summed E-state index contributed by atoms with van der Waals surface area (Å²) in [6, 6.07) is 10.2. The molecule has 1 aliphatic heterocycles. The standard InChI is InChI=1S/C25H30N2O5/c1-15-7-8-16(2)18(13-15)23(28)21-22(17-9-10-19(31-5)20(14-17)32-6)27(12-11-26(3)4)25(30)24(21)29/h7-10,13-14,22,28H,11-12H2,1-6H3/b23-21+/t22-/m0/s1. The Labute approximate surface area is 188 Å². The first kappa shape index (κ1) is 23.3. The molecule has 2 aromatic carbocycles. The highest BCUT2D eigenvalue weighted by atomic mass is 16.5. The fourth-order valence-electron chi connectivity index (χ4n) is 3.92. The summed E-state index contributed by atoms with van der Waals surface area (Å²) in [5.74, 6) is -0.469. The number of benzene rings is 2. The molecule has 7 heteroatoms. The molecular weight excluding hydrogens is 408 g/mol. The summed E-state index contributed by atoms with van der Waals surface area (Å²) < 4.78 is 10.8. The van der Waals surface area contributed by atoms with Crippen molar-refractivity contribution in [1.82, 2.24) is 9.80 Å². The summed E-state index contributed by atoms with van der Waals surface area (Å²) in [6.45, 7) is 4.68. The number of aliphatic hydroxyl groups excluding tert-OH is 1. The zero-order chi connectivity index (χ0) is 23.6. The van der Waals surface area contributed by atoms with Crippen LogP contribution in [-0.4, -0.2) is 68.0 Å². The maximum Gasteiger partial charge on any atom is 0.295 e. The maximum atomic E-state index is 13.2. The number of amides is 1. The molecule has 0 aliphatic carbocycles. The number of aryl methyl sites for hydroxylation is 2. The third-order valence-electron chi connectivity index (χ3n) is 5.70. The number of rotatable bonds is 7. The number of carbonyl (C=O) groups excluding carboxylic acids is 2. The highest BCUT2D eigenvalue weighted by molar-refractivity contribution is 6.46. The molecule has 0 saturated carbocycles. The number of ether oxygens (including phenoxy) is 2. The molecule has 2 aromatic rings. The number of nitrogens with zero attached hydrogens (tertiary/aromatic N) is 2. The monoisotopic (exact) mass is 438 g/mol. The average molecular weight is 439 g/mol. The van der Waals surface area contributed by atoms with Crippen LogP contribution in [-0.2, 0) is 9.59 Å². The fraction of sp³-hybridized carbons (Fsp3) is 0.360. The van der Waals surface area contributed by atoms with Gasteiger partial charge in [-0.3, -0.25) is 9.59 Å². The van der Waals surface area contributed by atoms with E-state index >= 15 is 0 Å². The van der Waals surface area contributed by atoms with E-state index in [1.807, 2.05) is 51.0 Å². The highest BCUT2D eigenvalue weighted by Crippen LogP contribution is 2.42.